The molecule has 0 aliphatic heterocycles. The SMILES string of the molecule is CCC(C)[N+](CC)(CC)CC.[Br-]. The average molecular weight is 238 g/mol. The highest BCUT2D eigenvalue weighted by atomic mass is 79.9. The highest BCUT2D eigenvalue weighted by Crippen LogP contribution is 2.15. The van der Waals surface area contributed by atoms with Crippen LogP contribution in [0.4, 0.5) is 0 Å². The van der Waals surface area contributed by atoms with Gasteiger partial charge in [0.1, 0.15) is 0 Å². The first-order valence-corrected chi connectivity index (χ1v) is 5.02. The van der Waals surface area contributed by atoms with Crippen LogP contribution in [0.25, 0.3) is 0 Å². The van der Waals surface area contributed by atoms with Crippen molar-refractivity contribution in [1.82, 2.24) is 0 Å². The molecule has 76 valence electrons. The maximum absolute atomic E-state index is 2.37. The number of hydrogen-bond donors (Lipinski definition) is 0. The molecule has 0 N–H and O–H groups in total. The Balaban J connectivity index is 0. The summed E-state index contributed by atoms with van der Waals surface area (Å²) >= 11 is 0. The van der Waals surface area contributed by atoms with E-state index in [0.29, 0.717) is 0 Å². The fraction of sp³-hybridized carbons (Fsp3) is 1.00. The molecule has 0 aliphatic carbocycles. The van der Waals surface area contributed by atoms with Gasteiger partial charge in [-0.1, -0.05) is 6.92 Å². The first-order valence-electron chi connectivity index (χ1n) is 5.02. The third kappa shape index (κ3) is 3.06. The van der Waals surface area contributed by atoms with Crippen LogP contribution >= 0.6 is 0 Å². The van der Waals surface area contributed by atoms with Crippen LogP contribution in [-0.2, 0) is 0 Å². The quantitative estimate of drug-likeness (QED) is 0.575. The Hall–Kier alpha value is 0.440. The Morgan fingerprint density at radius 3 is 1.33 bits per heavy atom. The van der Waals surface area contributed by atoms with Gasteiger partial charge in [-0.3, -0.25) is 0 Å². The zero-order valence-corrected chi connectivity index (χ0v) is 10.8. The summed E-state index contributed by atoms with van der Waals surface area (Å²) in [6.07, 6.45) is 1.30. The lowest BCUT2D eigenvalue weighted by Crippen LogP contribution is -3.00. The van der Waals surface area contributed by atoms with Crippen LogP contribution in [0.2, 0.25) is 0 Å². The van der Waals surface area contributed by atoms with Crippen LogP contribution in [-0.4, -0.2) is 30.2 Å². The van der Waals surface area contributed by atoms with Gasteiger partial charge in [-0.15, -0.1) is 0 Å². The molecule has 0 aromatic heterocycles. The maximum Gasteiger partial charge on any atom is 0.0858 e. The fourth-order valence-electron chi connectivity index (χ4n) is 1.99. The monoisotopic (exact) mass is 237 g/mol. The molecule has 0 rings (SSSR count). The average Bonchev–Trinajstić information content (AvgIpc) is 2.08. The second-order valence-corrected chi connectivity index (χ2v) is 3.42. The van der Waals surface area contributed by atoms with Gasteiger partial charge in [-0.05, 0) is 34.1 Å². The van der Waals surface area contributed by atoms with Gasteiger partial charge in [-0.2, -0.15) is 0 Å². The van der Waals surface area contributed by atoms with E-state index in [4.69, 9.17) is 0 Å². The first kappa shape index (κ1) is 14.9. The lowest BCUT2D eigenvalue weighted by molar-refractivity contribution is -0.945. The molecule has 0 aliphatic rings. The van der Waals surface area contributed by atoms with Crippen molar-refractivity contribution in [3.8, 4) is 0 Å². The highest BCUT2D eigenvalue weighted by Gasteiger charge is 2.26. The molecule has 0 fully saturated rings. The zero-order valence-electron chi connectivity index (χ0n) is 9.23. The topological polar surface area (TPSA) is 0 Å². The molecule has 0 spiro atoms. The zero-order chi connectivity index (χ0) is 8.91. The Bertz CT molecular complexity index is 91.7. The number of hydrogen-bond acceptors (Lipinski definition) is 0. The molecule has 0 aromatic carbocycles. The predicted molar refractivity (Wildman–Crippen MR) is 51.6 cm³/mol. The Morgan fingerprint density at radius 1 is 0.917 bits per heavy atom. The van der Waals surface area contributed by atoms with Gasteiger partial charge in [0, 0.05) is 0 Å². The van der Waals surface area contributed by atoms with E-state index in [1.165, 1.54) is 30.5 Å². The van der Waals surface area contributed by atoms with Gasteiger partial charge >= 0.3 is 0 Å². The fourth-order valence-corrected chi connectivity index (χ4v) is 1.99. The van der Waals surface area contributed by atoms with E-state index in [0.717, 1.165) is 6.04 Å². The van der Waals surface area contributed by atoms with Crippen molar-refractivity contribution >= 4 is 0 Å². The van der Waals surface area contributed by atoms with E-state index in [-0.39, 0.29) is 17.0 Å². The molecular formula is C10H24BrN. The molecule has 12 heavy (non-hydrogen) atoms. The van der Waals surface area contributed by atoms with Crippen LogP contribution < -0.4 is 17.0 Å². The minimum atomic E-state index is 0. The molecule has 0 bridgehead atoms. The van der Waals surface area contributed by atoms with Crippen LogP contribution in [0.1, 0.15) is 41.0 Å². The molecule has 1 unspecified atom stereocenters. The highest BCUT2D eigenvalue weighted by molar-refractivity contribution is 4.49. The van der Waals surface area contributed by atoms with Crippen molar-refractivity contribution in [2.75, 3.05) is 19.6 Å². The molecule has 0 saturated heterocycles. The van der Waals surface area contributed by atoms with Crippen LogP contribution in [0.3, 0.4) is 0 Å². The van der Waals surface area contributed by atoms with Crippen LogP contribution in [0.5, 0.6) is 0 Å². The standard InChI is InChI=1S/C10H24N.BrH/c1-6-10(5)11(7-2,8-3)9-4;/h10H,6-9H2,1-5H3;1H/q+1;/p-1. The van der Waals surface area contributed by atoms with Crippen molar-refractivity contribution < 1.29 is 21.5 Å². The Kier molecular flexibility index (Phi) is 8.59. The maximum atomic E-state index is 2.37. The normalized spacial score (nSPS) is 13.8. The minimum Gasteiger partial charge on any atom is -1.00 e. The summed E-state index contributed by atoms with van der Waals surface area (Å²) in [6.45, 7) is 15.4. The summed E-state index contributed by atoms with van der Waals surface area (Å²) in [5.74, 6) is 0. The lowest BCUT2D eigenvalue weighted by Gasteiger charge is -2.41. The molecule has 1 nitrogen and oxygen atoms in total. The molecule has 0 radical (unpaired) electrons. The molecule has 0 amide bonds. The number of rotatable bonds is 5. The molecule has 0 heterocycles. The summed E-state index contributed by atoms with van der Waals surface area (Å²) in [4.78, 5) is 0. The molecule has 1 atom stereocenters. The number of nitrogens with zero attached hydrogens (tertiary/aromatic N) is 1. The van der Waals surface area contributed by atoms with E-state index in [9.17, 15) is 0 Å². The van der Waals surface area contributed by atoms with E-state index in [1.807, 2.05) is 0 Å². The predicted octanol–water partition coefficient (Wildman–Crippen LogP) is -0.335. The van der Waals surface area contributed by atoms with Gasteiger partial charge in [-0.25, -0.2) is 0 Å². The van der Waals surface area contributed by atoms with Gasteiger partial charge in [0.15, 0.2) is 0 Å². The van der Waals surface area contributed by atoms with Gasteiger partial charge in [0.25, 0.3) is 0 Å². The molecule has 0 saturated carbocycles. The Morgan fingerprint density at radius 2 is 1.25 bits per heavy atom. The van der Waals surface area contributed by atoms with Crippen LogP contribution in [0.15, 0.2) is 0 Å². The van der Waals surface area contributed by atoms with Gasteiger partial charge < -0.3 is 21.5 Å². The Labute approximate surface area is 88.5 Å². The summed E-state index contributed by atoms with van der Waals surface area (Å²) in [5.41, 5.74) is 0. The third-order valence-corrected chi connectivity index (χ3v) is 3.42. The molecular weight excluding hydrogens is 214 g/mol. The molecule has 2 heteroatoms. The van der Waals surface area contributed by atoms with Gasteiger partial charge in [0.05, 0.1) is 25.7 Å². The van der Waals surface area contributed by atoms with Crippen molar-refractivity contribution in [2.24, 2.45) is 0 Å². The minimum absolute atomic E-state index is 0. The van der Waals surface area contributed by atoms with E-state index in [1.54, 1.807) is 0 Å². The second kappa shape index (κ2) is 6.90. The first-order chi connectivity index (χ1) is 5.16. The van der Waals surface area contributed by atoms with Crippen molar-refractivity contribution in [3.63, 3.8) is 0 Å². The number of quaternary nitrogens is 1. The van der Waals surface area contributed by atoms with E-state index in [2.05, 4.69) is 34.6 Å². The smallest absolute Gasteiger partial charge is 0.0858 e. The molecule has 0 aromatic rings. The van der Waals surface area contributed by atoms with E-state index < -0.39 is 0 Å². The van der Waals surface area contributed by atoms with Crippen molar-refractivity contribution in [1.29, 1.82) is 0 Å². The van der Waals surface area contributed by atoms with Gasteiger partial charge in [0.2, 0.25) is 0 Å². The summed E-state index contributed by atoms with van der Waals surface area (Å²) < 4.78 is 1.29. The van der Waals surface area contributed by atoms with Crippen molar-refractivity contribution in [2.45, 2.75) is 47.1 Å². The summed E-state index contributed by atoms with van der Waals surface area (Å²) in [6, 6.07) is 0.829. The number of halogens is 1. The van der Waals surface area contributed by atoms with E-state index >= 15 is 0 Å². The summed E-state index contributed by atoms with van der Waals surface area (Å²) in [5, 5.41) is 0. The summed E-state index contributed by atoms with van der Waals surface area (Å²) in [7, 11) is 0. The second-order valence-electron chi connectivity index (χ2n) is 3.42. The van der Waals surface area contributed by atoms with Crippen molar-refractivity contribution in [3.05, 3.63) is 0 Å². The van der Waals surface area contributed by atoms with Crippen LogP contribution in [0, 0.1) is 0 Å². The third-order valence-electron chi connectivity index (χ3n) is 3.42. The lowest BCUT2D eigenvalue weighted by atomic mass is 10.1. The largest absolute Gasteiger partial charge is 1.00 e.